The van der Waals surface area contributed by atoms with Crippen LogP contribution >= 0.6 is 0 Å². The molecule has 8 heteroatoms. The lowest BCUT2D eigenvalue weighted by Crippen LogP contribution is -2.17. The average molecular weight is 377 g/mol. The molecule has 27 heavy (non-hydrogen) atoms. The average Bonchev–Trinajstić information content (AvgIpc) is 2.66. The molecule has 0 saturated carbocycles. The monoisotopic (exact) mass is 377 g/mol. The molecular weight excluding hydrogens is 366 g/mol. The Hall–Kier alpha value is -3.55. The molecule has 3 rings (SSSR count). The number of hydrogen-bond acceptors (Lipinski definition) is 4. The summed E-state index contributed by atoms with van der Waals surface area (Å²) in [5.74, 6) is -9.23. The van der Waals surface area contributed by atoms with Crippen molar-refractivity contribution in [3.8, 4) is 22.6 Å². The number of rotatable bonds is 3. The van der Waals surface area contributed by atoms with Gasteiger partial charge in [-0.2, -0.15) is 0 Å². The van der Waals surface area contributed by atoms with E-state index in [2.05, 4.69) is 0 Å². The van der Waals surface area contributed by atoms with E-state index in [1.165, 1.54) is 24.3 Å². The van der Waals surface area contributed by atoms with Crippen molar-refractivity contribution in [1.82, 2.24) is 0 Å². The molecule has 3 aromatic carbocycles. The molecule has 0 atom stereocenters. The minimum absolute atomic E-state index is 0.0938. The van der Waals surface area contributed by atoms with E-state index in [9.17, 15) is 27.5 Å². The zero-order valence-corrected chi connectivity index (χ0v) is 13.5. The molecule has 4 nitrogen and oxygen atoms in total. The summed E-state index contributed by atoms with van der Waals surface area (Å²) in [4.78, 5) is 12.0. The lowest BCUT2D eigenvalue weighted by molar-refractivity contribution is 0.0722. The fourth-order valence-electron chi connectivity index (χ4n) is 2.36. The summed E-state index contributed by atoms with van der Waals surface area (Å²) < 4.78 is 59.3. The van der Waals surface area contributed by atoms with Crippen molar-refractivity contribution in [2.75, 3.05) is 5.73 Å². The number of phenols is 1. The van der Waals surface area contributed by atoms with Crippen LogP contribution in [-0.4, -0.2) is 11.1 Å². The Morgan fingerprint density at radius 2 is 1.22 bits per heavy atom. The molecule has 0 unspecified atom stereocenters. The summed E-state index contributed by atoms with van der Waals surface area (Å²) in [5.41, 5.74) is 3.48. The van der Waals surface area contributed by atoms with Gasteiger partial charge in [-0.25, -0.2) is 22.4 Å². The molecule has 0 amide bonds. The second-order valence-corrected chi connectivity index (χ2v) is 5.51. The van der Waals surface area contributed by atoms with Crippen LogP contribution in [-0.2, 0) is 0 Å². The number of nitrogens with two attached hydrogens (primary N) is 1. The number of carbonyl (C=O) groups excluding carboxylic acids is 1. The van der Waals surface area contributed by atoms with E-state index in [0.29, 0.717) is 5.56 Å². The summed E-state index contributed by atoms with van der Waals surface area (Å²) in [6, 6.07) is 12.0. The molecule has 0 saturated heterocycles. The third-order valence-corrected chi connectivity index (χ3v) is 3.77. The first-order valence-corrected chi connectivity index (χ1v) is 7.52. The number of benzene rings is 3. The standard InChI is InChI=1S/C19H11F4NO3/c20-14-13(15(21)17(23)18(24)16(14)22)19(26)27-12-7-3-10(4-8-12)9-1-5-11(25)6-2-9/h1-8,25H,24H2. The predicted molar refractivity (Wildman–Crippen MR) is 89.2 cm³/mol. The number of ether oxygens (including phenoxy) is 1. The van der Waals surface area contributed by atoms with Crippen LogP contribution in [0.5, 0.6) is 11.5 Å². The number of halogens is 4. The first-order valence-electron chi connectivity index (χ1n) is 7.52. The number of aromatic hydroxyl groups is 1. The zero-order valence-electron chi connectivity index (χ0n) is 13.5. The highest BCUT2D eigenvalue weighted by Crippen LogP contribution is 2.28. The highest BCUT2D eigenvalue weighted by molar-refractivity contribution is 5.92. The summed E-state index contributed by atoms with van der Waals surface area (Å²) >= 11 is 0. The Bertz CT molecular complexity index is 990. The molecule has 138 valence electrons. The normalized spacial score (nSPS) is 10.7. The third kappa shape index (κ3) is 3.41. The molecule has 0 spiro atoms. The van der Waals surface area contributed by atoms with Gasteiger partial charge >= 0.3 is 5.97 Å². The zero-order chi connectivity index (χ0) is 19.7. The van der Waals surface area contributed by atoms with Gasteiger partial charge in [0.15, 0.2) is 23.3 Å². The molecule has 0 aliphatic rings. The van der Waals surface area contributed by atoms with Crippen LogP contribution < -0.4 is 10.5 Å². The fourth-order valence-corrected chi connectivity index (χ4v) is 2.36. The van der Waals surface area contributed by atoms with Crippen molar-refractivity contribution in [3.05, 3.63) is 77.4 Å². The maximum Gasteiger partial charge on any atom is 0.349 e. The molecule has 0 aliphatic carbocycles. The molecule has 0 aromatic heterocycles. The largest absolute Gasteiger partial charge is 0.508 e. The van der Waals surface area contributed by atoms with Gasteiger partial charge < -0.3 is 15.6 Å². The maximum absolute atomic E-state index is 13.8. The van der Waals surface area contributed by atoms with Crippen LogP contribution in [0.4, 0.5) is 23.2 Å². The molecule has 0 heterocycles. The number of esters is 1. The smallest absolute Gasteiger partial charge is 0.349 e. The van der Waals surface area contributed by atoms with Gasteiger partial charge in [0.1, 0.15) is 22.7 Å². The Balaban J connectivity index is 1.86. The lowest BCUT2D eigenvalue weighted by atomic mass is 10.1. The van der Waals surface area contributed by atoms with Crippen molar-refractivity contribution in [1.29, 1.82) is 0 Å². The second-order valence-electron chi connectivity index (χ2n) is 5.51. The summed E-state index contributed by atoms with van der Waals surface area (Å²) in [7, 11) is 0. The van der Waals surface area contributed by atoms with E-state index >= 15 is 0 Å². The first kappa shape index (κ1) is 18.2. The van der Waals surface area contributed by atoms with E-state index in [4.69, 9.17) is 10.5 Å². The van der Waals surface area contributed by atoms with Crippen LogP contribution in [0.1, 0.15) is 10.4 Å². The lowest BCUT2D eigenvalue weighted by Gasteiger charge is -2.10. The Morgan fingerprint density at radius 1 is 0.778 bits per heavy atom. The number of phenolic OH excluding ortho intramolecular Hbond substituents is 1. The summed E-state index contributed by atoms with van der Waals surface area (Å²) in [5, 5.41) is 9.28. The summed E-state index contributed by atoms with van der Waals surface area (Å²) in [6.45, 7) is 0. The van der Waals surface area contributed by atoms with Crippen LogP contribution in [0.15, 0.2) is 48.5 Å². The Kier molecular flexibility index (Phi) is 4.72. The fraction of sp³-hybridized carbons (Fsp3) is 0. The van der Waals surface area contributed by atoms with Gasteiger partial charge in [0.2, 0.25) is 0 Å². The second kappa shape index (κ2) is 6.99. The van der Waals surface area contributed by atoms with Crippen molar-refractivity contribution in [2.24, 2.45) is 0 Å². The van der Waals surface area contributed by atoms with Gasteiger partial charge in [0, 0.05) is 0 Å². The van der Waals surface area contributed by atoms with Gasteiger partial charge in [-0.05, 0) is 35.4 Å². The van der Waals surface area contributed by atoms with Crippen molar-refractivity contribution < 1.29 is 32.2 Å². The van der Waals surface area contributed by atoms with Gasteiger partial charge in [-0.1, -0.05) is 24.3 Å². The predicted octanol–water partition coefficient (Wildman–Crippen LogP) is 4.42. The Labute approximate surface area is 150 Å². The van der Waals surface area contributed by atoms with E-state index in [-0.39, 0.29) is 11.5 Å². The number of nitrogen functional groups attached to an aromatic ring is 1. The molecule has 3 N–H and O–H groups in total. The molecular formula is C19H11F4NO3. The number of carbonyl (C=O) groups is 1. The van der Waals surface area contributed by atoms with Crippen molar-refractivity contribution in [2.45, 2.75) is 0 Å². The SMILES string of the molecule is Nc1c(F)c(F)c(C(=O)Oc2ccc(-c3ccc(O)cc3)cc2)c(F)c1F. The number of hydrogen-bond donors (Lipinski definition) is 2. The quantitative estimate of drug-likeness (QED) is 0.233. The molecule has 0 radical (unpaired) electrons. The molecule has 0 fully saturated rings. The summed E-state index contributed by atoms with van der Waals surface area (Å²) in [6.07, 6.45) is 0. The molecule has 0 aliphatic heterocycles. The topological polar surface area (TPSA) is 72.6 Å². The number of anilines is 1. The minimum Gasteiger partial charge on any atom is -0.508 e. The minimum atomic E-state index is -1.93. The van der Waals surface area contributed by atoms with Gasteiger partial charge in [-0.3, -0.25) is 0 Å². The first-order chi connectivity index (χ1) is 12.8. The molecule has 3 aromatic rings. The van der Waals surface area contributed by atoms with Crippen LogP contribution in [0.25, 0.3) is 11.1 Å². The highest BCUT2D eigenvalue weighted by Gasteiger charge is 2.29. The maximum atomic E-state index is 13.8. The third-order valence-electron chi connectivity index (χ3n) is 3.77. The van der Waals surface area contributed by atoms with Gasteiger partial charge in [0.25, 0.3) is 0 Å². The van der Waals surface area contributed by atoms with Gasteiger partial charge in [0.05, 0.1) is 0 Å². The van der Waals surface area contributed by atoms with Crippen molar-refractivity contribution in [3.63, 3.8) is 0 Å². The van der Waals surface area contributed by atoms with Gasteiger partial charge in [-0.15, -0.1) is 0 Å². The van der Waals surface area contributed by atoms with Crippen LogP contribution in [0.3, 0.4) is 0 Å². The van der Waals surface area contributed by atoms with E-state index < -0.39 is 40.5 Å². The van der Waals surface area contributed by atoms with E-state index in [1.807, 2.05) is 0 Å². The van der Waals surface area contributed by atoms with E-state index in [0.717, 1.165) is 5.56 Å². The van der Waals surface area contributed by atoms with Crippen LogP contribution in [0.2, 0.25) is 0 Å². The highest BCUT2D eigenvalue weighted by atomic mass is 19.2. The Morgan fingerprint density at radius 3 is 1.70 bits per heavy atom. The van der Waals surface area contributed by atoms with Crippen LogP contribution in [0, 0.1) is 23.3 Å². The molecule has 0 bridgehead atoms. The van der Waals surface area contributed by atoms with Crippen molar-refractivity contribution >= 4 is 11.7 Å². The van der Waals surface area contributed by atoms with E-state index in [1.54, 1.807) is 24.3 Å².